The maximum absolute atomic E-state index is 11.2. The lowest BCUT2D eigenvalue weighted by Crippen LogP contribution is -2.19. The second kappa shape index (κ2) is 6.88. The number of hydrogen-bond donors (Lipinski definition) is 2. The molecule has 0 saturated carbocycles. The molecule has 1 aliphatic rings. The molecule has 0 bridgehead atoms. The van der Waals surface area contributed by atoms with Crippen LogP contribution < -0.4 is 15.8 Å². The zero-order chi connectivity index (χ0) is 19.0. The van der Waals surface area contributed by atoms with Crippen molar-refractivity contribution in [3.63, 3.8) is 0 Å². The maximum atomic E-state index is 11.2. The molecule has 2 amide bonds. The molecule has 8 heteroatoms. The quantitative estimate of drug-likeness (QED) is 0.738. The van der Waals surface area contributed by atoms with Crippen molar-refractivity contribution in [3.05, 3.63) is 36.3 Å². The van der Waals surface area contributed by atoms with E-state index in [1.165, 1.54) is 0 Å². The number of fused-ring (bicyclic) bond motifs is 1. The van der Waals surface area contributed by atoms with Crippen LogP contribution in [0.1, 0.15) is 18.0 Å². The van der Waals surface area contributed by atoms with Gasteiger partial charge < -0.3 is 19.8 Å². The molecule has 140 valence electrons. The molecule has 8 nitrogen and oxygen atoms in total. The highest BCUT2D eigenvalue weighted by atomic mass is 16.5. The molecule has 1 aliphatic heterocycles. The Morgan fingerprint density at radius 1 is 1.41 bits per heavy atom. The van der Waals surface area contributed by atoms with Gasteiger partial charge in [0.15, 0.2) is 0 Å². The second-order valence-electron chi connectivity index (χ2n) is 6.61. The smallest absolute Gasteiger partial charge is 0.317 e. The van der Waals surface area contributed by atoms with E-state index in [0.29, 0.717) is 12.4 Å². The number of urea groups is 1. The predicted octanol–water partition coefficient (Wildman–Crippen LogP) is 2.64. The van der Waals surface area contributed by atoms with Crippen LogP contribution in [-0.4, -0.2) is 40.9 Å². The summed E-state index contributed by atoms with van der Waals surface area (Å²) in [4.78, 5) is 20.3. The van der Waals surface area contributed by atoms with Crippen molar-refractivity contribution in [2.24, 2.45) is 12.8 Å². The third kappa shape index (κ3) is 3.31. The third-order valence-electron chi connectivity index (χ3n) is 4.81. The Morgan fingerprint density at radius 3 is 2.96 bits per heavy atom. The van der Waals surface area contributed by atoms with E-state index < -0.39 is 6.03 Å². The molecule has 3 N–H and O–H groups in total. The first-order valence-corrected chi connectivity index (χ1v) is 8.71. The molecule has 0 aromatic carbocycles. The summed E-state index contributed by atoms with van der Waals surface area (Å²) in [5.74, 6) is 1.42. The molecule has 0 spiro atoms. The largest absolute Gasteiger partial charge is 0.497 e. The Kier molecular flexibility index (Phi) is 4.41. The minimum atomic E-state index is -0.651. The van der Waals surface area contributed by atoms with E-state index in [2.05, 4.69) is 10.3 Å². The van der Waals surface area contributed by atoms with Gasteiger partial charge in [-0.05, 0) is 12.5 Å². The highest BCUT2D eigenvalue weighted by Gasteiger charge is 2.22. The normalized spacial score (nSPS) is 16.6. The number of nitrogens with one attached hydrogen (secondary N) is 1. The van der Waals surface area contributed by atoms with Gasteiger partial charge >= 0.3 is 6.03 Å². The number of aryl methyl sites for hydroxylation is 1. The Labute approximate surface area is 156 Å². The van der Waals surface area contributed by atoms with E-state index in [1.807, 2.05) is 29.9 Å². The van der Waals surface area contributed by atoms with Crippen molar-refractivity contribution in [1.29, 1.82) is 0 Å². The summed E-state index contributed by atoms with van der Waals surface area (Å²) in [5, 5.41) is 3.44. The number of primary amides is 1. The fourth-order valence-electron chi connectivity index (χ4n) is 3.43. The van der Waals surface area contributed by atoms with Crippen LogP contribution in [0.3, 0.4) is 0 Å². The molecule has 1 unspecified atom stereocenters. The van der Waals surface area contributed by atoms with Crippen LogP contribution in [-0.2, 0) is 11.8 Å². The Morgan fingerprint density at radius 2 is 2.26 bits per heavy atom. The highest BCUT2D eigenvalue weighted by molar-refractivity contribution is 5.98. The number of nitrogens with two attached hydrogens (primary N) is 1. The minimum Gasteiger partial charge on any atom is -0.497 e. The number of carbonyl (C=O) groups excluding carboxylic acids is 1. The van der Waals surface area contributed by atoms with Crippen molar-refractivity contribution in [1.82, 2.24) is 14.5 Å². The number of amides is 2. The second-order valence-corrected chi connectivity index (χ2v) is 6.61. The molecule has 3 aromatic heterocycles. The summed E-state index contributed by atoms with van der Waals surface area (Å²) in [5.41, 5.74) is 8.84. The van der Waals surface area contributed by atoms with Crippen LogP contribution in [0.5, 0.6) is 5.75 Å². The van der Waals surface area contributed by atoms with Gasteiger partial charge in [0.25, 0.3) is 0 Å². The monoisotopic (exact) mass is 367 g/mol. The van der Waals surface area contributed by atoms with E-state index in [1.54, 1.807) is 19.4 Å². The first-order chi connectivity index (χ1) is 13.0. The van der Waals surface area contributed by atoms with E-state index in [0.717, 1.165) is 46.6 Å². The Bertz CT molecular complexity index is 1010. The molecule has 1 atom stereocenters. The van der Waals surface area contributed by atoms with Gasteiger partial charge in [0, 0.05) is 48.9 Å². The molecule has 1 fully saturated rings. The highest BCUT2D eigenvalue weighted by Crippen LogP contribution is 2.34. The van der Waals surface area contributed by atoms with Crippen molar-refractivity contribution in [3.8, 4) is 17.0 Å². The minimum absolute atomic E-state index is 0.266. The lowest BCUT2D eigenvalue weighted by atomic mass is 10.0. The van der Waals surface area contributed by atoms with Gasteiger partial charge in [-0.25, -0.2) is 9.78 Å². The number of methoxy groups -OCH3 is 1. The topological polar surface area (TPSA) is 104 Å². The van der Waals surface area contributed by atoms with Crippen LogP contribution in [0.15, 0.2) is 30.6 Å². The fraction of sp³-hybridized carbons (Fsp3) is 0.316. The van der Waals surface area contributed by atoms with Gasteiger partial charge in [0.1, 0.15) is 11.6 Å². The van der Waals surface area contributed by atoms with Crippen LogP contribution in [0, 0.1) is 0 Å². The number of anilines is 1. The fourth-order valence-corrected chi connectivity index (χ4v) is 3.43. The van der Waals surface area contributed by atoms with Crippen LogP contribution in [0.2, 0.25) is 0 Å². The van der Waals surface area contributed by atoms with Crippen LogP contribution >= 0.6 is 0 Å². The summed E-state index contributed by atoms with van der Waals surface area (Å²) < 4.78 is 13.0. The predicted molar refractivity (Wildman–Crippen MR) is 102 cm³/mol. The number of ether oxygens (including phenoxy) is 2. The summed E-state index contributed by atoms with van der Waals surface area (Å²) in [7, 11) is 3.59. The van der Waals surface area contributed by atoms with Crippen molar-refractivity contribution < 1.29 is 14.3 Å². The molecule has 3 aromatic rings. The number of nitrogens with zero attached hydrogens (tertiary/aromatic N) is 3. The van der Waals surface area contributed by atoms with E-state index in [9.17, 15) is 4.79 Å². The van der Waals surface area contributed by atoms with Gasteiger partial charge in [-0.3, -0.25) is 10.3 Å². The molecule has 1 saturated heterocycles. The number of aromatic nitrogens is 3. The van der Waals surface area contributed by atoms with Crippen LogP contribution in [0.4, 0.5) is 10.6 Å². The van der Waals surface area contributed by atoms with Crippen molar-refractivity contribution in [2.45, 2.75) is 12.3 Å². The van der Waals surface area contributed by atoms with Gasteiger partial charge in [0.05, 0.1) is 36.8 Å². The van der Waals surface area contributed by atoms with Gasteiger partial charge in [-0.1, -0.05) is 0 Å². The van der Waals surface area contributed by atoms with Gasteiger partial charge in [-0.15, -0.1) is 0 Å². The first-order valence-electron chi connectivity index (χ1n) is 8.71. The molecule has 27 heavy (non-hydrogen) atoms. The van der Waals surface area contributed by atoms with Crippen molar-refractivity contribution >= 4 is 22.8 Å². The standard InChI is InChI=1S/C19H21N5O3/c1-24-9-14(13-7-18(23-19(20)25)21-8-17(13)24)16-6-12(26-2)5-15(22-16)11-3-4-27-10-11/h5-9,11H,3-4,10H2,1-2H3,(H3,20,21,23,25). The Hall–Kier alpha value is -3.13. The summed E-state index contributed by atoms with van der Waals surface area (Å²) >= 11 is 0. The van der Waals surface area contributed by atoms with Crippen molar-refractivity contribution in [2.75, 3.05) is 25.6 Å². The lowest BCUT2D eigenvalue weighted by Gasteiger charge is -2.12. The molecule has 4 rings (SSSR count). The van der Waals surface area contributed by atoms with E-state index >= 15 is 0 Å². The zero-order valence-corrected chi connectivity index (χ0v) is 15.2. The average molecular weight is 367 g/mol. The molecule has 0 radical (unpaired) electrons. The number of hydrogen-bond acceptors (Lipinski definition) is 5. The van der Waals surface area contributed by atoms with E-state index in [-0.39, 0.29) is 5.92 Å². The number of pyridine rings is 2. The third-order valence-corrected chi connectivity index (χ3v) is 4.81. The molecule has 4 heterocycles. The number of carbonyl (C=O) groups is 1. The maximum Gasteiger partial charge on any atom is 0.317 e. The molecular formula is C19H21N5O3. The van der Waals surface area contributed by atoms with Crippen LogP contribution in [0.25, 0.3) is 22.2 Å². The van der Waals surface area contributed by atoms with Gasteiger partial charge in [0.2, 0.25) is 0 Å². The summed E-state index contributed by atoms with van der Waals surface area (Å²) in [6.45, 7) is 1.42. The Balaban J connectivity index is 1.85. The van der Waals surface area contributed by atoms with Gasteiger partial charge in [-0.2, -0.15) is 0 Å². The lowest BCUT2D eigenvalue weighted by molar-refractivity contribution is 0.193. The molecular weight excluding hydrogens is 346 g/mol. The van der Waals surface area contributed by atoms with E-state index in [4.69, 9.17) is 20.2 Å². The zero-order valence-electron chi connectivity index (χ0n) is 15.2. The average Bonchev–Trinajstić information content (AvgIpc) is 3.29. The first kappa shape index (κ1) is 17.3. The summed E-state index contributed by atoms with van der Waals surface area (Å²) in [6, 6.07) is 5.03. The SMILES string of the molecule is COc1cc(-c2cn(C)c3cnc(NC(N)=O)cc23)nc(C2CCOC2)c1. The number of rotatable bonds is 4. The molecule has 0 aliphatic carbocycles. The summed E-state index contributed by atoms with van der Waals surface area (Å²) in [6.07, 6.45) is 4.65.